The highest BCUT2D eigenvalue weighted by Gasteiger charge is 2.23. The van der Waals surface area contributed by atoms with Gasteiger partial charge in [-0.1, -0.05) is 31.4 Å². The van der Waals surface area contributed by atoms with Crippen LogP contribution in [0, 0.1) is 5.92 Å². The van der Waals surface area contributed by atoms with Gasteiger partial charge in [-0.05, 0) is 37.0 Å². The highest BCUT2D eigenvalue weighted by Crippen LogP contribution is 2.24. The average Bonchev–Trinajstić information content (AvgIpc) is 2.55. The molecule has 0 aromatic heterocycles. The van der Waals surface area contributed by atoms with Crippen molar-refractivity contribution in [3.05, 3.63) is 28.8 Å². The van der Waals surface area contributed by atoms with Crippen LogP contribution in [0.1, 0.15) is 43.0 Å². The lowest BCUT2D eigenvalue weighted by Crippen LogP contribution is -2.48. The van der Waals surface area contributed by atoms with Crippen molar-refractivity contribution in [1.82, 2.24) is 10.6 Å². The topological polar surface area (TPSA) is 111 Å². The molecule has 0 bridgehead atoms. The van der Waals surface area contributed by atoms with Gasteiger partial charge in [0.05, 0.1) is 5.56 Å². The van der Waals surface area contributed by atoms with Gasteiger partial charge in [0.15, 0.2) is 6.61 Å². The minimum atomic E-state index is -0.720. The number of ether oxygens (including phenoxy) is 1. The van der Waals surface area contributed by atoms with Crippen molar-refractivity contribution in [3.8, 4) is 5.75 Å². The Morgan fingerprint density at radius 2 is 2.00 bits per heavy atom. The third kappa shape index (κ3) is 5.63. The van der Waals surface area contributed by atoms with Crippen molar-refractivity contribution < 1.29 is 19.1 Å². The normalized spacial score (nSPS) is 19.8. The van der Waals surface area contributed by atoms with Gasteiger partial charge >= 0.3 is 6.03 Å². The summed E-state index contributed by atoms with van der Waals surface area (Å²) in [5, 5.41) is 5.36. The predicted octanol–water partition coefficient (Wildman–Crippen LogP) is 2.22. The molecule has 1 aromatic carbocycles. The summed E-state index contributed by atoms with van der Waals surface area (Å²) in [6.07, 6.45) is 4.20. The fraction of sp³-hybridized carbons (Fsp3) is 0.471. The van der Waals surface area contributed by atoms with E-state index in [2.05, 4.69) is 17.6 Å². The predicted molar refractivity (Wildman–Crippen MR) is 93.6 cm³/mol. The molecule has 2 atom stereocenters. The van der Waals surface area contributed by atoms with Crippen molar-refractivity contribution in [1.29, 1.82) is 0 Å². The molecule has 1 aliphatic carbocycles. The van der Waals surface area contributed by atoms with Crippen LogP contribution in [0.25, 0.3) is 0 Å². The van der Waals surface area contributed by atoms with E-state index < -0.39 is 24.5 Å². The van der Waals surface area contributed by atoms with Gasteiger partial charge in [0.2, 0.25) is 0 Å². The zero-order valence-electron chi connectivity index (χ0n) is 14.0. The van der Waals surface area contributed by atoms with Gasteiger partial charge in [0, 0.05) is 11.1 Å². The standard InChI is InChI=1S/C17H22ClN3O4/c1-10-4-2-3-5-13(10)20-17(24)21-15(22)9-25-14-7-6-11(18)8-12(14)16(19)23/h6-8,10,13H,2-5,9H2,1H3,(H2,19,23)(H2,20,21,22,24)/t10-,13+/m0/s1. The molecule has 0 heterocycles. The molecule has 4 N–H and O–H groups in total. The van der Waals surface area contributed by atoms with Crippen LogP contribution in [-0.2, 0) is 4.79 Å². The monoisotopic (exact) mass is 367 g/mol. The summed E-state index contributed by atoms with van der Waals surface area (Å²) in [6, 6.07) is 3.84. The van der Waals surface area contributed by atoms with Crippen molar-refractivity contribution in [2.75, 3.05) is 6.61 Å². The van der Waals surface area contributed by atoms with Crippen LogP contribution in [0.4, 0.5) is 4.79 Å². The summed E-state index contributed by atoms with van der Waals surface area (Å²) in [6.45, 7) is 1.66. The van der Waals surface area contributed by atoms with E-state index >= 15 is 0 Å². The van der Waals surface area contributed by atoms with Crippen molar-refractivity contribution in [2.24, 2.45) is 11.7 Å². The van der Waals surface area contributed by atoms with E-state index in [1.165, 1.54) is 18.2 Å². The largest absolute Gasteiger partial charge is 0.483 e. The summed E-state index contributed by atoms with van der Waals surface area (Å²) in [7, 11) is 0. The molecule has 7 nitrogen and oxygen atoms in total. The molecule has 0 radical (unpaired) electrons. The molecule has 0 unspecified atom stereocenters. The Kier molecular flexibility index (Phi) is 6.64. The summed E-state index contributed by atoms with van der Waals surface area (Å²) in [5.41, 5.74) is 5.32. The van der Waals surface area contributed by atoms with E-state index in [1.54, 1.807) is 0 Å². The summed E-state index contributed by atoms with van der Waals surface area (Å²) in [4.78, 5) is 35.1. The Morgan fingerprint density at radius 3 is 2.68 bits per heavy atom. The third-order valence-electron chi connectivity index (χ3n) is 4.25. The van der Waals surface area contributed by atoms with Crippen LogP contribution < -0.4 is 21.1 Å². The number of rotatable bonds is 5. The molecule has 0 aliphatic heterocycles. The van der Waals surface area contributed by atoms with E-state index in [1.807, 2.05) is 0 Å². The fourth-order valence-electron chi connectivity index (χ4n) is 2.86. The maximum atomic E-state index is 11.9. The molecule has 1 aromatic rings. The molecule has 0 saturated heterocycles. The Labute approximate surface area is 151 Å². The van der Waals surface area contributed by atoms with Gasteiger partial charge in [-0.3, -0.25) is 14.9 Å². The summed E-state index contributed by atoms with van der Waals surface area (Å²) >= 11 is 5.80. The van der Waals surface area contributed by atoms with Crippen LogP contribution in [0.2, 0.25) is 5.02 Å². The maximum Gasteiger partial charge on any atom is 0.321 e. The van der Waals surface area contributed by atoms with Crippen LogP contribution >= 0.6 is 11.6 Å². The number of amides is 4. The fourth-order valence-corrected chi connectivity index (χ4v) is 3.03. The first kappa shape index (κ1) is 19.1. The zero-order chi connectivity index (χ0) is 18.4. The molecule has 8 heteroatoms. The second kappa shape index (κ2) is 8.71. The van der Waals surface area contributed by atoms with Crippen LogP contribution in [-0.4, -0.2) is 30.5 Å². The number of benzene rings is 1. The zero-order valence-corrected chi connectivity index (χ0v) is 14.8. The third-order valence-corrected chi connectivity index (χ3v) is 4.48. The average molecular weight is 368 g/mol. The molecular weight excluding hydrogens is 346 g/mol. The van der Waals surface area contributed by atoms with Gasteiger partial charge in [-0.15, -0.1) is 0 Å². The summed E-state index contributed by atoms with van der Waals surface area (Å²) < 4.78 is 5.28. The minimum absolute atomic E-state index is 0.0696. The van der Waals surface area contributed by atoms with Gasteiger partial charge in [-0.2, -0.15) is 0 Å². The van der Waals surface area contributed by atoms with Gasteiger partial charge in [0.25, 0.3) is 11.8 Å². The number of nitrogens with two attached hydrogens (primary N) is 1. The van der Waals surface area contributed by atoms with E-state index in [9.17, 15) is 14.4 Å². The first-order chi connectivity index (χ1) is 11.9. The number of halogens is 1. The minimum Gasteiger partial charge on any atom is -0.483 e. The van der Waals surface area contributed by atoms with E-state index in [-0.39, 0.29) is 17.4 Å². The van der Waals surface area contributed by atoms with Gasteiger partial charge in [0.1, 0.15) is 5.75 Å². The van der Waals surface area contributed by atoms with Crippen molar-refractivity contribution >= 4 is 29.4 Å². The Hall–Kier alpha value is -2.28. The van der Waals surface area contributed by atoms with Crippen molar-refractivity contribution in [3.63, 3.8) is 0 Å². The van der Waals surface area contributed by atoms with E-state index in [0.29, 0.717) is 10.9 Å². The Morgan fingerprint density at radius 1 is 1.28 bits per heavy atom. The Bertz CT molecular complexity index is 665. The van der Waals surface area contributed by atoms with E-state index in [0.717, 1.165) is 25.7 Å². The second-order valence-electron chi connectivity index (χ2n) is 6.18. The van der Waals surface area contributed by atoms with Gasteiger partial charge in [-0.25, -0.2) is 4.79 Å². The molecule has 25 heavy (non-hydrogen) atoms. The van der Waals surface area contributed by atoms with E-state index in [4.69, 9.17) is 22.1 Å². The molecule has 0 spiro atoms. The van der Waals surface area contributed by atoms with Crippen LogP contribution in [0.5, 0.6) is 5.75 Å². The van der Waals surface area contributed by atoms with Crippen LogP contribution in [0.15, 0.2) is 18.2 Å². The lowest BCUT2D eigenvalue weighted by atomic mass is 9.86. The molecule has 2 rings (SSSR count). The highest BCUT2D eigenvalue weighted by atomic mass is 35.5. The first-order valence-electron chi connectivity index (χ1n) is 8.19. The number of imide groups is 1. The van der Waals surface area contributed by atoms with Crippen LogP contribution in [0.3, 0.4) is 0 Å². The molecule has 1 saturated carbocycles. The smallest absolute Gasteiger partial charge is 0.321 e. The second-order valence-corrected chi connectivity index (χ2v) is 6.62. The SMILES string of the molecule is C[C@H]1CCCC[C@H]1NC(=O)NC(=O)COc1ccc(Cl)cc1C(N)=O. The highest BCUT2D eigenvalue weighted by molar-refractivity contribution is 6.31. The number of urea groups is 1. The quantitative estimate of drug-likeness (QED) is 0.740. The van der Waals surface area contributed by atoms with Gasteiger partial charge < -0.3 is 15.8 Å². The molecule has 4 amide bonds. The number of carbonyl (C=O) groups is 3. The number of nitrogens with one attached hydrogen (secondary N) is 2. The summed E-state index contributed by atoms with van der Waals surface area (Å²) in [5.74, 6) is -0.820. The lowest BCUT2D eigenvalue weighted by molar-refractivity contribution is -0.122. The number of carbonyl (C=O) groups excluding carboxylic acids is 3. The first-order valence-corrected chi connectivity index (χ1v) is 8.57. The number of hydrogen-bond acceptors (Lipinski definition) is 4. The maximum absolute atomic E-state index is 11.9. The molecule has 1 aliphatic rings. The Balaban J connectivity index is 1.84. The number of primary amides is 1. The molecule has 1 fully saturated rings. The molecular formula is C17H22ClN3O4. The lowest BCUT2D eigenvalue weighted by Gasteiger charge is -2.29. The number of hydrogen-bond donors (Lipinski definition) is 3. The molecule has 136 valence electrons. The van der Waals surface area contributed by atoms with Crippen molar-refractivity contribution in [2.45, 2.75) is 38.6 Å².